The van der Waals surface area contributed by atoms with Crippen LogP contribution in [0, 0.1) is 5.82 Å². The lowest BCUT2D eigenvalue weighted by Crippen LogP contribution is -2.28. The topological polar surface area (TPSA) is 75.1 Å². The van der Waals surface area contributed by atoms with E-state index in [0.717, 1.165) is 41.6 Å². The normalized spacial score (nSPS) is 15.7. The maximum Gasteiger partial charge on any atom is 0.225 e. The predicted octanol–water partition coefficient (Wildman–Crippen LogP) is 3.48. The van der Waals surface area contributed by atoms with Crippen molar-refractivity contribution in [1.29, 1.82) is 0 Å². The van der Waals surface area contributed by atoms with Gasteiger partial charge in [-0.3, -0.25) is 4.79 Å². The van der Waals surface area contributed by atoms with E-state index in [0.29, 0.717) is 25.5 Å². The summed E-state index contributed by atoms with van der Waals surface area (Å²) in [7, 11) is 3.83. The molecule has 1 aliphatic heterocycles. The van der Waals surface area contributed by atoms with Crippen molar-refractivity contribution >= 4 is 11.9 Å². The molecule has 0 spiro atoms. The maximum atomic E-state index is 13.0. The molecule has 8 heteroatoms. The first-order valence-electron chi connectivity index (χ1n) is 10.8. The molecule has 166 valence electrons. The van der Waals surface area contributed by atoms with E-state index in [4.69, 9.17) is 4.98 Å². The van der Waals surface area contributed by atoms with Gasteiger partial charge in [0.2, 0.25) is 11.9 Å². The summed E-state index contributed by atoms with van der Waals surface area (Å²) in [5, 5.41) is 0. The van der Waals surface area contributed by atoms with Crippen LogP contribution in [0.1, 0.15) is 36.4 Å². The first kappa shape index (κ1) is 21.8. The molecule has 0 N–H and O–H groups in total. The van der Waals surface area contributed by atoms with Crippen LogP contribution in [-0.2, 0) is 11.2 Å². The third-order valence-electron chi connectivity index (χ3n) is 5.77. The third kappa shape index (κ3) is 5.07. The quantitative estimate of drug-likeness (QED) is 0.567. The molecule has 3 aromatic rings. The Morgan fingerprint density at radius 1 is 1.16 bits per heavy atom. The lowest BCUT2D eigenvalue weighted by molar-refractivity contribution is -0.130. The van der Waals surface area contributed by atoms with E-state index in [1.807, 2.05) is 30.1 Å². The van der Waals surface area contributed by atoms with Gasteiger partial charge in [-0.05, 0) is 37.0 Å². The maximum absolute atomic E-state index is 13.0. The fourth-order valence-corrected chi connectivity index (χ4v) is 4.04. The number of aromatic nitrogens is 4. The van der Waals surface area contributed by atoms with Crippen molar-refractivity contribution < 1.29 is 9.18 Å². The summed E-state index contributed by atoms with van der Waals surface area (Å²) in [6.45, 7) is 1.35. The molecule has 7 nitrogen and oxygen atoms in total. The molecule has 32 heavy (non-hydrogen) atoms. The first-order valence-corrected chi connectivity index (χ1v) is 10.8. The minimum Gasteiger partial charge on any atom is -0.347 e. The zero-order valence-electron chi connectivity index (χ0n) is 18.4. The fourth-order valence-electron chi connectivity index (χ4n) is 4.04. The monoisotopic (exact) mass is 434 g/mol. The lowest BCUT2D eigenvalue weighted by atomic mass is 9.97. The molecule has 0 saturated carbocycles. The van der Waals surface area contributed by atoms with Gasteiger partial charge < -0.3 is 9.80 Å². The van der Waals surface area contributed by atoms with Crippen LogP contribution in [-0.4, -0.2) is 57.9 Å². The number of nitrogens with zero attached hydrogens (tertiary/aromatic N) is 6. The molecule has 0 bridgehead atoms. The number of halogens is 1. The Bertz CT molecular complexity index is 1060. The van der Waals surface area contributed by atoms with Gasteiger partial charge in [0.1, 0.15) is 12.1 Å². The largest absolute Gasteiger partial charge is 0.347 e. The highest BCUT2D eigenvalue weighted by Crippen LogP contribution is 2.34. The smallest absolute Gasteiger partial charge is 0.225 e. The Hall–Kier alpha value is -3.42. The summed E-state index contributed by atoms with van der Waals surface area (Å²) in [6.07, 6.45) is 9.69. The Kier molecular flexibility index (Phi) is 6.68. The van der Waals surface area contributed by atoms with Gasteiger partial charge in [0.15, 0.2) is 0 Å². The van der Waals surface area contributed by atoms with Gasteiger partial charge in [-0.1, -0.05) is 12.1 Å². The Morgan fingerprint density at radius 3 is 2.62 bits per heavy atom. The van der Waals surface area contributed by atoms with E-state index in [1.54, 1.807) is 24.5 Å². The molecule has 0 radical (unpaired) electrons. The number of benzene rings is 1. The molecule has 0 aliphatic carbocycles. The summed E-state index contributed by atoms with van der Waals surface area (Å²) in [5.41, 5.74) is 3.76. The van der Waals surface area contributed by atoms with Crippen molar-refractivity contribution in [2.75, 3.05) is 32.1 Å². The van der Waals surface area contributed by atoms with E-state index in [1.165, 1.54) is 18.5 Å². The summed E-state index contributed by atoms with van der Waals surface area (Å²) < 4.78 is 13.0. The Labute approximate surface area is 187 Å². The molecule has 1 aromatic carbocycles. The van der Waals surface area contributed by atoms with Gasteiger partial charge in [-0.25, -0.2) is 24.3 Å². The average molecular weight is 435 g/mol. The van der Waals surface area contributed by atoms with E-state index >= 15 is 0 Å². The highest BCUT2D eigenvalue weighted by Gasteiger charge is 2.30. The number of rotatable bonds is 7. The number of likely N-dealkylation sites (tertiary alicyclic amines) is 1. The average Bonchev–Trinajstić information content (AvgIpc) is 3.31. The molecule has 4 rings (SSSR count). The van der Waals surface area contributed by atoms with Crippen LogP contribution in [0.3, 0.4) is 0 Å². The SMILES string of the molecule is CN(C)c1ncc(-c2cncnc2)c([C@@H]2CCN(C(=O)CCCc3ccc(F)cc3)C2)n1. The van der Waals surface area contributed by atoms with Crippen LogP contribution in [0.2, 0.25) is 0 Å². The minimum absolute atomic E-state index is 0.132. The van der Waals surface area contributed by atoms with Gasteiger partial charge in [-0.2, -0.15) is 0 Å². The van der Waals surface area contributed by atoms with Gasteiger partial charge in [0, 0.05) is 69.2 Å². The number of hydrogen-bond donors (Lipinski definition) is 0. The second-order valence-electron chi connectivity index (χ2n) is 8.30. The molecule has 0 unspecified atom stereocenters. The van der Waals surface area contributed by atoms with Gasteiger partial charge in [-0.15, -0.1) is 0 Å². The van der Waals surface area contributed by atoms with Crippen molar-refractivity contribution in [2.45, 2.75) is 31.6 Å². The van der Waals surface area contributed by atoms with Crippen LogP contribution in [0.5, 0.6) is 0 Å². The molecule has 1 saturated heterocycles. The first-order chi connectivity index (χ1) is 15.5. The number of carbonyl (C=O) groups excluding carboxylic acids is 1. The molecular formula is C24H27FN6O. The van der Waals surface area contributed by atoms with E-state index < -0.39 is 0 Å². The number of hydrogen-bond acceptors (Lipinski definition) is 6. The van der Waals surface area contributed by atoms with Gasteiger partial charge in [0.05, 0.1) is 5.69 Å². The van der Waals surface area contributed by atoms with Crippen molar-refractivity contribution in [3.63, 3.8) is 0 Å². The number of aryl methyl sites for hydroxylation is 1. The molecule has 2 aromatic heterocycles. The highest BCUT2D eigenvalue weighted by molar-refractivity contribution is 5.76. The number of anilines is 1. The number of amides is 1. The van der Waals surface area contributed by atoms with Crippen LogP contribution in [0.15, 0.2) is 49.2 Å². The Morgan fingerprint density at radius 2 is 1.91 bits per heavy atom. The molecule has 1 fully saturated rings. The zero-order chi connectivity index (χ0) is 22.5. The van der Waals surface area contributed by atoms with Crippen molar-refractivity contribution in [3.05, 3.63) is 66.3 Å². The molecule has 3 heterocycles. The predicted molar refractivity (Wildman–Crippen MR) is 121 cm³/mol. The standard InChI is InChI=1S/C24H27FN6O/c1-30(2)24-28-14-21(19-12-26-16-27-13-19)23(29-24)18-10-11-31(15-18)22(32)5-3-4-17-6-8-20(25)9-7-17/h6-9,12-14,16,18H,3-5,10-11,15H2,1-2H3/t18-/m1/s1. The second kappa shape index (κ2) is 9.80. The van der Waals surface area contributed by atoms with Crippen molar-refractivity contribution in [3.8, 4) is 11.1 Å². The third-order valence-corrected chi connectivity index (χ3v) is 5.77. The lowest BCUT2D eigenvalue weighted by Gasteiger charge is -2.19. The zero-order valence-corrected chi connectivity index (χ0v) is 18.4. The molecule has 1 aliphatic rings. The minimum atomic E-state index is -0.239. The summed E-state index contributed by atoms with van der Waals surface area (Å²) >= 11 is 0. The van der Waals surface area contributed by atoms with E-state index in [2.05, 4.69) is 15.0 Å². The van der Waals surface area contributed by atoms with Crippen LogP contribution >= 0.6 is 0 Å². The highest BCUT2D eigenvalue weighted by atomic mass is 19.1. The molecule has 1 amide bonds. The van der Waals surface area contributed by atoms with Gasteiger partial charge >= 0.3 is 0 Å². The molecular weight excluding hydrogens is 407 g/mol. The van der Waals surface area contributed by atoms with Gasteiger partial charge in [0.25, 0.3) is 0 Å². The summed E-state index contributed by atoms with van der Waals surface area (Å²) in [6, 6.07) is 6.47. The fraction of sp³-hybridized carbons (Fsp3) is 0.375. The van der Waals surface area contributed by atoms with Crippen molar-refractivity contribution in [1.82, 2.24) is 24.8 Å². The summed E-state index contributed by atoms with van der Waals surface area (Å²) in [5.74, 6) is 0.690. The number of carbonyl (C=O) groups is 1. The van der Waals surface area contributed by atoms with E-state index in [-0.39, 0.29) is 17.6 Å². The second-order valence-corrected chi connectivity index (χ2v) is 8.30. The van der Waals surface area contributed by atoms with Crippen LogP contribution in [0.4, 0.5) is 10.3 Å². The van der Waals surface area contributed by atoms with Crippen molar-refractivity contribution in [2.24, 2.45) is 0 Å². The van der Waals surface area contributed by atoms with E-state index in [9.17, 15) is 9.18 Å². The van der Waals surface area contributed by atoms with Crippen LogP contribution < -0.4 is 4.90 Å². The summed E-state index contributed by atoms with van der Waals surface area (Å²) in [4.78, 5) is 34.2. The Balaban J connectivity index is 1.43. The van der Waals surface area contributed by atoms with Crippen LogP contribution in [0.25, 0.3) is 11.1 Å². The molecule has 1 atom stereocenters.